The Hall–Kier alpha value is -2.72. The van der Waals surface area contributed by atoms with Crippen LogP contribution in [0.25, 0.3) is 0 Å². The van der Waals surface area contributed by atoms with Crippen molar-refractivity contribution in [3.63, 3.8) is 0 Å². The number of aliphatic imine (C=N–C) groups is 1. The van der Waals surface area contributed by atoms with E-state index in [4.69, 9.17) is 26.8 Å². The topological polar surface area (TPSA) is 148 Å². The molecule has 3 rings (SSSR count). The number of hydrogen-bond acceptors (Lipinski definition) is 8. The van der Waals surface area contributed by atoms with E-state index in [9.17, 15) is 20.6 Å². The highest BCUT2D eigenvalue weighted by molar-refractivity contribution is 6.31. The zero-order valence-corrected chi connectivity index (χ0v) is 15.4. The zero-order valence-electron chi connectivity index (χ0n) is 14.6. The number of nitro groups is 1. The average molecular weight is 390 g/mol. The Morgan fingerprint density at radius 3 is 2.41 bits per heavy atom. The van der Waals surface area contributed by atoms with Gasteiger partial charge in [-0.2, -0.15) is 10.5 Å². The van der Waals surface area contributed by atoms with Gasteiger partial charge in [0.05, 0.1) is 22.1 Å². The van der Waals surface area contributed by atoms with Crippen LogP contribution in [-0.4, -0.2) is 29.9 Å². The Bertz CT molecular complexity index is 930. The summed E-state index contributed by atoms with van der Waals surface area (Å²) in [5.41, 5.74) is 3.22. The number of rotatable bonds is 6. The van der Waals surface area contributed by atoms with Crippen molar-refractivity contribution in [2.45, 2.75) is 25.7 Å². The number of fused-ring (bicyclic) bond motifs is 1. The number of nitrogens with two attached hydrogens (primary N) is 1. The van der Waals surface area contributed by atoms with Gasteiger partial charge in [-0.3, -0.25) is 10.1 Å². The molecule has 3 atom stereocenters. The van der Waals surface area contributed by atoms with Crippen molar-refractivity contribution < 1.29 is 14.4 Å². The molecule has 27 heavy (non-hydrogen) atoms. The molecule has 0 radical (unpaired) electrons. The van der Waals surface area contributed by atoms with Crippen LogP contribution in [0.1, 0.15) is 25.3 Å². The molecular formula is C17H16ClN5O4. The Labute approximate surface area is 160 Å². The van der Waals surface area contributed by atoms with E-state index in [0.717, 1.165) is 0 Å². The van der Waals surface area contributed by atoms with Crippen molar-refractivity contribution in [1.82, 2.24) is 0 Å². The van der Waals surface area contributed by atoms with Crippen molar-refractivity contribution in [2.75, 3.05) is 13.2 Å². The average Bonchev–Trinajstić information content (AvgIpc) is 3.20. The fourth-order valence-corrected chi connectivity index (χ4v) is 4.36. The van der Waals surface area contributed by atoms with E-state index in [1.165, 1.54) is 18.2 Å². The molecule has 2 aliphatic rings. The molecule has 1 aromatic carbocycles. The number of amidine groups is 1. The first-order valence-corrected chi connectivity index (χ1v) is 8.59. The predicted octanol–water partition coefficient (Wildman–Crippen LogP) is 2.46. The largest absolute Gasteiger partial charge is 0.386 e. The lowest BCUT2D eigenvalue weighted by Gasteiger charge is -2.31. The number of nitrogens with zero attached hydrogens (tertiary/aromatic N) is 4. The monoisotopic (exact) mass is 389 g/mol. The van der Waals surface area contributed by atoms with E-state index in [1.54, 1.807) is 13.8 Å². The fourth-order valence-electron chi connectivity index (χ4n) is 4.08. The summed E-state index contributed by atoms with van der Waals surface area (Å²) in [5.74, 6) is -2.63. The molecule has 0 bridgehead atoms. The van der Waals surface area contributed by atoms with E-state index >= 15 is 0 Å². The minimum absolute atomic E-state index is 0.0579. The van der Waals surface area contributed by atoms with Crippen LogP contribution >= 0.6 is 11.6 Å². The van der Waals surface area contributed by atoms with Crippen molar-refractivity contribution in [3.8, 4) is 12.1 Å². The fraction of sp³-hybridized carbons (Fsp3) is 0.471. The van der Waals surface area contributed by atoms with Crippen LogP contribution in [-0.2, 0) is 9.47 Å². The third-order valence-corrected chi connectivity index (χ3v) is 5.44. The Balaban J connectivity index is 2.22. The molecule has 1 heterocycles. The van der Waals surface area contributed by atoms with Crippen LogP contribution in [0.4, 0.5) is 5.69 Å². The molecule has 0 saturated heterocycles. The van der Waals surface area contributed by atoms with Gasteiger partial charge in [-0.1, -0.05) is 17.7 Å². The summed E-state index contributed by atoms with van der Waals surface area (Å²) >= 11 is 6.27. The third kappa shape index (κ3) is 2.07. The predicted molar refractivity (Wildman–Crippen MR) is 94.5 cm³/mol. The standard InChI is InChI=1S/C17H16ClN5O4/c1-3-26-17(27-4-2)16(9-20)13(15(16,8-19)14(21)22-17)11-6-5-10(23(24)25)7-12(11)18/h5-7,13H,3-4H2,1-2H3,(H2,21,22)/t13-,15-,16-/m1/s1. The maximum absolute atomic E-state index is 11.0. The van der Waals surface area contributed by atoms with Gasteiger partial charge in [-0.25, -0.2) is 4.99 Å². The van der Waals surface area contributed by atoms with E-state index in [1.807, 2.05) is 0 Å². The number of benzene rings is 1. The van der Waals surface area contributed by atoms with Gasteiger partial charge >= 0.3 is 0 Å². The lowest BCUT2D eigenvalue weighted by atomic mass is 9.93. The minimum Gasteiger partial charge on any atom is -0.386 e. The molecule has 10 heteroatoms. The van der Waals surface area contributed by atoms with Crippen LogP contribution in [0.15, 0.2) is 23.2 Å². The summed E-state index contributed by atoms with van der Waals surface area (Å²) in [6.45, 7) is 3.76. The summed E-state index contributed by atoms with van der Waals surface area (Å²) in [6.07, 6.45) is 0. The van der Waals surface area contributed by atoms with Crippen LogP contribution < -0.4 is 5.73 Å². The molecule has 2 N–H and O–H groups in total. The molecule has 1 saturated carbocycles. The van der Waals surface area contributed by atoms with E-state index in [0.29, 0.717) is 5.56 Å². The molecule has 0 aromatic heterocycles. The zero-order chi connectivity index (χ0) is 20.0. The maximum atomic E-state index is 11.0. The molecule has 0 spiro atoms. The summed E-state index contributed by atoms with van der Waals surface area (Å²) < 4.78 is 11.4. The third-order valence-electron chi connectivity index (χ3n) is 5.11. The first-order chi connectivity index (χ1) is 12.8. The molecule has 1 aliphatic carbocycles. The van der Waals surface area contributed by atoms with Crippen LogP contribution in [0.5, 0.6) is 0 Å². The highest BCUT2D eigenvalue weighted by Crippen LogP contribution is 2.82. The second-order valence-corrected chi connectivity index (χ2v) is 6.59. The van der Waals surface area contributed by atoms with Gasteiger partial charge in [-0.05, 0) is 19.4 Å². The van der Waals surface area contributed by atoms with Crippen molar-refractivity contribution in [1.29, 1.82) is 10.5 Å². The molecule has 1 aromatic rings. The molecule has 9 nitrogen and oxygen atoms in total. The molecule has 1 aliphatic heterocycles. The lowest BCUT2D eigenvalue weighted by molar-refractivity contribution is -0.384. The second kappa shape index (κ2) is 6.17. The summed E-state index contributed by atoms with van der Waals surface area (Å²) in [7, 11) is 0. The van der Waals surface area contributed by atoms with Gasteiger partial charge in [0.2, 0.25) is 0 Å². The summed E-state index contributed by atoms with van der Waals surface area (Å²) in [6, 6.07) is 8.13. The molecule has 1 fully saturated rings. The Morgan fingerprint density at radius 2 is 1.96 bits per heavy atom. The number of nitriles is 2. The number of nitro benzene ring substituents is 1. The van der Waals surface area contributed by atoms with Gasteiger partial charge in [0.1, 0.15) is 11.3 Å². The van der Waals surface area contributed by atoms with Gasteiger partial charge in [0.15, 0.2) is 5.41 Å². The first kappa shape index (κ1) is 19.1. The SMILES string of the molecule is CCOC1(OCC)N=C(N)[C@@]2(C#N)[C@@H](c3ccc([N+](=O)[O-])cc3Cl)[C@@]12C#N. The smallest absolute Gasteiger partial charge is 0.293 e. The summed E-state index contributed by atoms with van der Waals surface area (Å²) in [4.78, 5) is 14.6. The molecular weight excluding hydrogens is 374 g/mol. The van der Waals surface area contributed by atoms with Gasteiger partial charge in [0, 0.05) is 31.3 Å². The number of non-ortho nitro benzene ring substituents is 1. The molecule has 140 valence electrons. The van der Waals surface area contributed by atoms with Gasteiger partial charge in [-0.15, -0.1) is 0 Å². The van der Waals surface area contributed by atoms with E-state index in [2.05, 4.69) is 17.1 Å². The van der Waals surface area contributed by atoms with Gasteiger partial charge < -0.3 is 15.2 Å². The van der Waals surface area contributed by atoms with Crippen molar-refractivity contribution in [2.24, 2.45) is 21.6 Å². The minimum atomic E-state index is -1.75. The van der Waals surface area contributed by atoms with Crippen LogP contribution in [0.3, 0.4) is 0 Å². The highest BCUT2D eigenvalue weighted by Gasteiger charge is 2.94. The molecule has 0 amide bonds. The van der Waals surface area contributed by atoms with Crippen molar-refractivity contribution >= 4 is 23.1 Å². The van der Waals surface area contributed by atoms with E-state index in [-0.39, 0.29) is 29.8 Å². The van der Waals surface area contributed by atoms with Crippen molar-refractivity contribution in [3.05, 3.63) is 38.9 Å². The Morgan fingerprint density at radius 1 is 1.33 bits per heavy atom. The van der Waals surface area contributed by atoms with Gasteiger partial charge in [0.25, 0.3) is 11.6 Å². The quantitative estimate of drug-likeness (QED) is 0.446. The van der Waals surface area contributed by atoms with Crippen LogP contribution in [0.2, 0.25) is 5.02 Å². The van der Waals surface area contributed by atoms with E-state index < -0.39 is 27.6 Å². The molecule has 0 unspecified atom stereocenters. The number of halogens is 1. The number of ether oxygens (including phenoxy) is 2. The summed E-state index contributed by atoms with van der Waals surface area (Å²) in [5, 5.41) is 31.1. The Kier molecular flexibility index (Phi) is 4.35. The highest BCUT2D eigenvalue weighted by atomic mass is 35.5. The van der Waals surface area contributed by atoms with Crippen LogP contribution in [0, 0.1) is 43.6 Å². The first-order valence-electron chi connectivity index (χ1n) is 8.21. The lowest BCUT2D eigenvalue weighted by Crippen LogP contribution is -2.43. The second-order valence-electron chi connectivity index (χ2n) is 6.18. The number of hydrogen-bond donors (Lipinski definition) is 1. The maximum Gasteiger partial charge on any atom is 0.293 e. The normalized spacial score (nSPS) is 30.0.